The molecule has 2 aromatic carbocycles. The summed E-state index contributed by atoms with van der Waals surface area (Å²) < 4.78 is 50.7. The van der Waals surface area contributed by atoms with E-state index in [9.17, 15) is 27.9 Å². The normalized spacial score (nSPS) is 18.6. The molecular formula is C21H20F3NO5. The molecule has 0 aliphatic carbocycles. The zero-order valence-electron chi connectivity index (χ0n) is 16.3. The van der Waals surface area contributed by atoms with Gasteiger partial charge in [-0.25, -0.2) is 13.2 Å². The lowest BCUT2D eigenvalue weighted by molar-refractivity contribution is -0.144. The highest BCUT2D eigenvalue weighted by Crippen LogP contribution is 2.33. The fourth-order valence-electron chi connectivity index (χ4n) is 3.65. The molecule has 1 fully saturated rings. The van der Waals surface area contributed by atoms with Gasteiger partial charge in [-0.3, -0.25) is 9.59 Å². The van der Waals surface area contributed by atoms with Gasteiger partial charge in [-0.05, 0) is 36.2 Å². The van der Waals surface area contributed by atoms with E-state index in [0.717, 1.165) is 12.1 Å². The number of carboxylic acids is 1. The first kappa shape index (κ1) is 21.5. The molecule has 1 aliphatic rings. The summed E-state index contributed by atoms with van der Waals surface area (Å²) >= 11 is 0. The molecule has 9 heteroatoms. The summed E-state index contributed by atoms with van der Waals surface area (Å²) in [5.41, 5.74) is 0.662. The second-order valence-corrected chi connectivity index (χ2v) is 7.03. The van der Waals surface area contributed by atoms with E-state index in [4.69, 9.17) is 9.47 Å². The Labute approximate surface area is 170 Å². The van der Waals surface area contributed by atoms with Gasteiger partial charge < -0.3 is 19.5 Å². The maximum atomic E-state index is 13.5. The van der Waals surface area contributed by atoms with Crippen molar-refractivity contribution in [2.45, 2.75) is 13.0 Å². The predicted octanol–water partition coefficient (Wildman–Crippen LogP) is 3.02. The number of carboxylic acid groups (broad SMARTS) is 1. The van der Waals surface area contributed by atoms with Gasteiger partial charge in [0.05, 0.1) is 26.1 Å². The Balaban J connectivity index is 1.84. The van der Waals surface area contributed by atoms with Crippen molar-refractivity contribution in [3.8, 4) is 11.5 Å². The number of hydrogen-bond acceptors (Lipinski definition) is 4. The van der Waals surface area contributed by atoms with Crippen molar-refractivity contribution < 1.29 is 37.3 Å². The lowest BCUT2D eigenvalue weighted by atomic mass is 9.89. The van der Waals surface area contributed by atoms with Gasteiger partial charge in [-0.15, -0.1) is 0 Å². The number of methoxy groups -OCH3 is 2. The van der Waals surface area contributed by atoms with Gasteiger partial charge >= 0.3 is 5.97 Å². The molecule has 1 saturated heterocycles. The molecule has 1 aliphatic heterocycles. The highest BCUT2D eigenvalue weighted by atomic mass is 19.2. The maximum Gasteiger partial charge on any atom is 0.309 e. The minimum absolute atomic E-state index is 0.0138. The monoisotopic (exact) mass is 423 g/mol. The zero-order chi connectivity index (χ0) is 22.0. The molecule has 0 bridgehead atoms. The molecule has 160 valence electrons. The number of rotatable bonds is 7. The molecule has 3 rings (SSSR count). The standard InChI is InChI=1S/C21H20F3NO5/c1-29-13-4-3-12(18(8-13)30-2)9-25-10-15(21(27)28)14(20(25)26)5-11-6-16(22)19(24)17(23)7-11/h3-4,6-8,14-15H,5,9-10H2,1-2H3,(H,27,28). The Morgan fingerprint density at radius 1 is 1.13 bits per heavy atom. The average molecular weight is 423 g/mol. The van der Waals surface area contributed by atoms with Crippen LogP contribution in [0.4, 0.5) is 13.2 Å². The van der Waals surface area contributed by atoms with Crippen LogP contribution >= 0.6 is 0 Å². The second-order valence-electron chi connectivity index (χ2n) is 7.03. The van der Waals surface area contributed by atoms with Gasteiger partial charge in [0, 0.05) is 24.7 Å². The summed E-state index contributed by atoms with van der Waals surface area (Å²) in [6, 6.07) is 6.60. The quantitative estimate of drug-likeness (QED) is 0.693. The van der Waals surface area contributed by atoms with Gasteiger partial charge in [0.25, 0.3) is 0 Å². The lowest BCUT2D eigenvalue weighted by Gasteiger charge is -2.19. The molecule has 1 amide bonds. The summed E-state index contributed by atoms with van der Waals surface area (Å²) in [5.74, 6) is -7.12. The molecular weight excluding hydrogens is 403 g/mol. The van der Waals surface area contributed by atoms with E-state index in [0.29, 0.717) is 17.1 Å². The molecule has 0 saturated carbocycles. The minimum atomic E-state index is -1.61. The zero-order valence-corrected chi connectivity index (χ0v) is 16.3. The number of nitrogens with zero attached hydrogens (tertiary/aromatic N) is 1. The van der Waals surface area contributed by atoms with Gasteiger partial charge in [0.2, 0.25) is 5.91 Å². The van der Waals surface area contributed by atoms with E-state index < -0.39 is 41.2 Å². The summed E-state index contributed by atoms with van der Waals surface area (Å²) in [7, 11) is 2.96. The summed E-state index contributed by atoms with van der Waals surface area (Å²) in [6.07, 6.45) is -0.222. The Morgan fingerprint density at radius 2 is 1.80 bits per heavy atom. The highest BCUT2D eigenvalue weighted by Gasteiger charge is 2.44. The van der Waals surface area contributed by atoms with Gasteiger partial charge in [0.1, 0.15) is 11.5 Å². The third-order valence-electron chi connectivity index (χ3n) is 5.20. The van der Waals surface area contributed by atoms with E-state index in [-0.39, 0.29) is 25.1 Å². The van der Waals surface area contributed by atoms with Crippen LogP contribution in [-0.2, 0) is 22.6 Å². The molecule has 2 unspecified atom stereocenters. The topological polar surface area (TPSA) is 76.1 Å². The van der Waals surface area contributed by atoms with Crippen LogP contribution in [-0.4, -0.2) is 42.6 Å². The van der Waals surface area contributed by atoms with E-state index in [1.165, 1.54) is 19.1 Å². The molecule has 0 aromatic heterocycles. The van der Waals surface area contributed by atoms with Crippen molar-refractivity contribution in [1.82, 2.24) is 4.90 Å². The molecule has 0 spiro atoms. The van der Waals surface area contributed by atoms with E-state index in [1.54, 1.807) is 18.2 Å². The number of aliphatic carboxylic acids is 1. The number of carbonyl (C=O) groups excluding carboxylic acids is 1. The second kappa shape index (κ2) is 8.64. The Bertz CT molecular complexity index is 958. The van der Waals surface area contributed by atoms with Gasteiger partial charge in [-0.1, -0.05) is 0 Å². The van der Waals surface area contributed by atoms with E-state index in [2.05, 4.69) is 0 Å². The summed E-state index contributed by atoms with van der Waals surface area (Å²) in [6.45, 7) is 0.0264. The first-order chi connectivity index (χ1) is 14.2. The van der Waals surface area contributed by atoms with Crippen LogP contribution in [0.5, 0.6) is 11.5 Å². The first-order valence-corrected chi connectivity index (χ1v) is 9.11. The number of likely N-dealkylation sites (tertiary alicyclic amines) is 1. The summed E-state index contributed by atoms with van der Waals surface area (Å²) in [4.78, 5) is 26.0. The minimum Gasteiger partial charge on any atom is -0.497 e. The van der Waals surface area contributed by atoms with Crippen LogP contribution < -0.4 is 9.47 Å². The lowest BCUT2D eigenvalue weighted by Crippen LogP contribution is -2.28. The molecule has 1 N–H and O–H groups in total. The maximum absolute atomic E-state index is 13.5. The number of hydrogen-bond donors (Lipinski definition) is 1. The van der Waals surface area contributed by atoms with Crippen LogP contribution in [0, 0.1) is 29.3 Å². The molecule has 1 heterocycles. The fourth-order valence-corrected chi connectivity index (χ4v) is 3.65. The third kappa shape index (κ3) is 4.19. The average Bonchev–Trinajstić information content (AvgIpc) is 3.02. The summed E-state index contributed by atoms with van der Waals surface area (Å²) in [5, 5.41) is 9.56. The largest absolute Gasteiger partial charge is 0.497 e. The van der Waals surface area contributed by atoms with Crippen molar-refractivity contribution in [1.29, 1.82) is 0 Å². The van der Waals surface area contributed by atoms with Crippen LogP contribution in [0.15, 0.2) is 30.3 Å². The van der Waals surface area contributed by atoms with Crippen molar-refractivity contribution in [3.05, 3.63) is 58.9 Å². The van der Waals surface area contributed by atoms with Crippen LogP contribution in [0.2, 0.25) is 0 Å². The highest BCUT2D eigenvalue weighted by molar-refractivity contribution is 5.88. The first-order valence-electron chi connectivity index (χ1n) is 9.11. The fraction of sp³-hybridized carbons (Fsp3) is 0.333. The molecule has 2 aromatic rings. The van der Waals surface area contributed by atoms with Crippen LogP contribution in [0.1, 0.15) is 11.1 Å². The van der Waals surface area contributed by atoms with Gasteiger partial charge in [-0.2, -0.15) is 0 Å². The van der Waals surface area contributed by atoms with E-state index >= 15 is 0 Å². The van der Waals surface area contributed by atoms with Crippen LogP contribution in [0.3, 0.4) is 0 Å². The third-order valence-corrected chi connectivity index (χ3v) is 5.20. The number of benzene rings is 2. The van der Waals surface area contributed by atoms with Crippen molar-refractivity contribution in [2.75, 3.05) is 20.8 Å². The van der Waals surface area contributed by atoms with Crippen molar-refractivity contribution >= 4 is 11.9 Å². The van der Waals surface area contributed by atoms with Crippen LogP contribution in [0.25, 0.3) is 0 Å². The molecule has 6 nitrogen and oxygen atoms in total. The predicted molar refractivity (Wildman–Crippen MR) is 99.6 cm³/mol. The molecule has 30 heavy (non-hydrogen) atoms. The number of amides is 1. The van der Waals surface area contributed by atoms with Crippen molar-refractivity contribution in [3.63, 3.8) is 0 Å². The van der Waals surface area contributed by atoms with Gasteiger partial charge in [0.15, 0.2) is 17.5 Å². The Kier molecular flexibility index (Phi) is 6.19. The number of halogens is 3. The molecule has 2 atom stereocenters. The Morgan fingerprint density at radius 3 is 2.37 bits per heavy atom. The SMILES string of the molecule is COc1ccc(CN2CC(C(=O)O)C(Cc3cc(F)c(F)c(F)c3)C2=O)c(OC)c1. The Hall–Kier alpha value is -3.23. The van der Waals surface area contributed by atoms with E-state index in [1.807, 2.05) is 0 Å². The molecule has 0 radical (unpaired) electrons. The number of ether oxygens (including phenoxy) is 2. The number of carbonyl (C=O) groups is 2. The van der Waals surface area contributed by atoms with Crippen molar-refractivity contribution in [2.24, 2.45) is 11.8 Å². The smallest absolute Gasteiger partial charge is 0.309 e.